The molecule has 0 aromatic carbocycles. The second kappa shape index (κ2) is 4.53. The van der Waals surface area contributed by atoms with Crippen LogP contribution < -0.4 is 5.73 Å². The van der Waals surface area contributed by atoms with Crippen LogP contribution >= 0.6 is 0 Å². The average molecular weight is 192 g/mol. The number of esters is 1. The quantitative estimate of drug-likeness (QED) is 0.574. The number of nitrogens with two attached hydrogens (primary N) is 1. The fourth-order valence-corrected chi connectivity index (χ4v) is 1.08. The smallest absolute Gasteiger partial charge is 0.357 e. The van der Waals surface area contributed by atoms with E-state index in [2.05, 4.69) is 16.3 Å². The van der Waals surface area contributed by atoms with Crippen LogP contribution in [0.1, 0.15) is 22.1 Å². The van der Waals surface area contributed by atoms with Crippen LogP contribution in [0.25, 0.3) is 0 Å². The van der Waals surface area contributed by atoms with Gasteiger partial charge in [0.1, 0.15) is 0 Å². The summed E-state index contributed by atoms with van der Waals surface area (Å²) >= 11 is 0. The van der Waals surface area contributed by atoms with E-state index in [1.165, 1.54) is 13.3 Å². The third kappa shape index (κ3) is 1.97. The number of aromatic nitrogens is 1. The molecule has 2 N–H and O–H groups in total. The van der Waals surface area contributed by atoms with Crippen LogP contribution in [0, 0.1) is 0 Å². The summed E-state index contributed by atoms with van der Waals surface area (Å²) in [6.45, 7) is 3.56. The van der Waals surface area contributed by atoms with Crippen LogP contribution in [0.5, 0.6) is 0 Å². The van der Waals surface area contributed by atoms with Crippen molar-refractivity contribution in [2.45, 2.75) is 6.04 Å². The summed E-state index contributed by atoms with van der Waals surface area (Å²) in [5.74, 6) is -0.488. The molecule has 1 unspecified atom stereocenters. The molecule has 1 aromatic heterocycles. The van der Waals surface area contributed by atoms with Gasteiger partial charge in [-0.25, -0.2) is 9.78 Å². The normalized spacial score (nSPS) is 11.9. The van der Waals surface area contributed by atoms with Crippen molar-refractivity contribution in [2.75, 3.05) is 7.11 Å². The third-order valence-corrected chi connectivity index (χ3v) is 1.83. The van der Waals surface area contributed by atoms with Crippen LogP contribution in [0.3, 0.4) is 0 Å². The minimum Gasteiger partial charge on any atom is -0.464 e. The van der Waals surface area contributed by atoms with Gasteiger partial charge in [0.2, 0.25) is 0 Å². The Morgan fingerprint density at radius 1 is 1.79 bits per heavy atom. The predicted molar refractivity (Wildman–Crippen MR) is 52.7 cm³/mol. The van der Waals surface area contributed by atoms with E-state index >= 15 is 0 Å². The number of carbonyl (C=O) groups excluding carboxylic acids is 1. The van der Waals surface area contributed by atoms with Gasteiger partial charge < -0.3 is 10.5 Å². The van der Waals surface area contributed by atoms with Gasteiger partial charge in [-0.1, -0.05) is 12.1 Å². The molecule has 0 amide bonds. The van der Waals surface area contributed by atoms with E-state index in [-0.39, 0.29) is 5.69 Å². The Hall–Kier alpha value is -1.68. The number of pyridine rings is 1. The topological polar surface area (TPSA) is 65.2 Å². The molecule has 0 aliphatic carbocycles. The molecule has 0 bridgehead atoms. The highest BCUT2D eigenvalue weighted by molar-refractivity contribution is 5.89. The van der Waals surface area contributed by atoms with Crippen LogP contribution in [0.4, 0.5) is 0 Å². The summed E-state index contributed by atoms with van der Waals surface area (Å²) in [7, 11) is 1.31. The molecule has 4 nitrogen and oxygen atoms in total. The Balaban J connectivity index is 3.15. The molecule has 0 aliphatic rings. The fourth-order valence-electron chi connectivity index (χ4n) is 1.08. The van der Waals surface area contributed by atoms with Gasteiger partial charge in [0.25, 0.3) is 0 Å². The van der Waals surface area contributed by atoms with Gasteiger partial charge in [-0.05, 0) is 6.07 Å². The van der Waals surface area contributed by atoms with Gasteiger partial charge in [-0.2, -0.15) is 0 Å². The second-order valence-electron chi connectivity index (χ2n) is 2.69. The standard InChI is InChI=1S/C10H12N2O2/c1-3-8(11)7-5-4-6-12-9(7)10(13)14-2/h3-6,8H,1,11H2,2H3. The highest BCUT2D eigenvalue weighted by Crippen LogP contribution is 2.15. The molecular weight excluding hydrogens is 180 g/mol. The molecule has 0 radical (unpaired) electrons. The van der Waals surface area contributed by atoms with Crippen LogP contribution in [0.2, 0.25) is 0 Å². The van der Waals surface area contributed by atoms with Crippen LogP contribution in [-0.2, 0) is 4.74 Å². The van der Waals surface area contributed by atoms with Crippen molar-refractivity contribution in [3.63, 3.8) is 0 Å². The monoisotopic (exact) mass is 192 g/mol. The first-order valence-electron chi connectivity index (χ1n) is 4.12. The van der Waals surface area contributed by atoms with E-state index < -0.39 is 12.0 Å². The Labute approximate surface area is 82.4 Å². The molecule has 0 saturated heterocycles. The van der Waals surface area contributed by atoms with Gasteiger partial charge in [-0.15, -0.1) is 6.58 Å². The fraction of sp³-hybridized carbons (Fsp3) is 0.200. The molecule has 1 aromatic rings. The summed E-state index contributed by atoms with van der Waals surface area (Å²) in [4.78, 5) is 15.2. The number of ether oxygens (including phenoxy) is 1. The van der Waals surface area contributed by atoms with E-state index in [0.29, 0.717) is 5.56 Å². The molecule has 0 saturated carbocycles. The number of rotatable bonds is 3. The van der Waals surface area contributed by atoms with Crippen LogP contribution in [0.15, 0.2) is 31.0 Å². The summed E-state index contributed by atoms with van der Waals surface area (Å²) < 4.78 is 4.58. The Morgan fingerprint density at radius 3 is 3.07 bits per heavy atom. The Bertz CT molecular complexity index is 350. The zero-order valence-electron chi connectivity index (χ0n) is 7.93. The zero-order valence-corrected chi connectivity index (χ0v) is 7.93. The van der Waals surface area contributed by atoms with Crippen molar-refractivity contribution >= 4 is 5.97 Å². The van der Waals surface area contributed by atoms with Crippen LogP contribution in [-0.4, -0.2) is 18.1 Å². The van der Waals surface area contributed by atoms with E-state index in [1.807, 2.05) is 0 Å². The molecule has 4 heteroatoms. The molecule has 0 spiro atoms. The number of nitrogens with zero attached hydrogens (tertiary/aromatic N) is 1. The number of methoxy groups -OCH3 is 1. The lowest BCUT2D eigenvalue weighted by molar-refractivity contribution is 0.0592. The van der Waals surface area contributed by atoms with Gasteiger partial charge in [0, 0.05) is 11.8 Å². The van der Waals surface area contributed by atoms with Crippen molar-refractivity contribution in [2.24, 2.45) is 5.73 Å². The second-order valence-corrected chi connectivity index (χ2v) is 2.69. The lowest BCUT2D eigenvalue weighted by Gasteiger charge is -2.09. The molecule has 1 heterocycles. The molecule has 0 fully saturated rings. The maximum absolute atomic E-state index is 11.3. The Kier molecular flexibility index (Phi) is 3.36. The molecule has 1 rings (SSSR count). The van der Waals surface area contributed by atoms with E-state index in [0.717, 1.165) is 0 Å². The van der Waals surface area contributed by atoms with Gasteiger partial charge in [-0.3, -0.25) is 0 Å². The van der Waals surface area contributed by atoms with E-state index in [1.54, 1.807) is 18.2 Å². The Morgan fingerprint density at radius 2 is 2.50 bits per heavy atom. The highest BCUT2D eigenvalue weighted by atomic mass is 16.5. The summed E-state index contributed by atoms with van der Waals surface area (Å²) in [6.07, 6.45) is 3.06. The largest absolute Gasteiger partial charge is 0.464 e. The minimum absolute atomic E-state index is 0.238. The first kappa shape index (κ1) is 10.4. The van der Waals surface area contributed by atoms with Gasteiger partial charge in [0.15, 0.2) is 5.69 Å². The lowest BCUT2D eigenvalue weighted by atomic mass is 10.1. The van der Waals surface area contributed by atoms with Crippen molar-refractivity contribution < 1.29 is 9.53 Å². The average Bonchev–Trinajstić information content (AvgIpc) is 2.27. The van der Waals surface area contributed by atoms with Gasteiger partial charge >= 0.3 is 5.97 Å². The molecule has 74 valence electrons. The maximum atomic E-state index is 11.3. The molecule has 0 aliphatic heterocycles. The highest BCUT2D eigenvalue weighted by Gasteiger charge is 2.15. The third-order valence-electron chi connectivity index (χ3n) is 1.83. The molecule has 14 heavy (non-hydrogen) atoms. The number of carbonyl (C=O) groups is 1. The summed E-state index contributed by atoms with van der Waals surface area (Å²) in [5, 5.41) is 0. The zero-order chi connectivity index (χ0) is 10.6. The lowest BCUT2D eigenvalue weighted by Crippen LogP contribution is -2.15. The first-order chi connectivity index (χ1) is 6.70. The molecule has 1 atom stereocenters. The summed E-state index contributed by atoms with van der Waals surface area (Å²) in [6, 6.07) is 3.04. The van der Waals surface area contributed by atoms with Crippen molar-refractivity contribution in [3.05, 3.63) is 42.2 Å². The van der Waals surface area contributed by atoms with Gasteiger partial charge in [0.05, 0.1) is 13.2 Å². The van der Waals surface area contributed by atoms with Crippen molar-refractivity contribution in [1.29, 1.82) is 0 Å². The van der Waals surface area contributed by atoms with E-state index in [4.69, 9.17) is 5.73 Å². The first-order valence-corrected chi connectivity index (χ1v) is 4.12. The number of hydrogen-bond acceptors (Lipinski definition) is 4. The SMILES string of the molecule is C=CC(N)c1cccnc1C(=O)OC. The predicted octanol–water partition coefficient (Wildman–Crippen LogP) is 1.05. The maximum Gasteiger partial charge on any atom is 0.357 e. The summed E-state index contributed by atoms with van der Waals surface area (Å²) in [5.41, 5.74) is 6.58. The van der Waals surface area contributed by atoms with E-state index in [9.17, 15) is 4.79 Å². The number of hydrogen-bond donors (Lipinski definition) is 1. The van der Waals surface area contributed by atoms with Crippen molar-refractivity contribution in [3.8, 4) is 0 Å². The van der Waals surface area contributed by atoms with Crippen molar-refractivity contribution in [1.82, 2.24) is 4.98 Å². The minimum atomic E-state index is -0.488. The molecular formula is C10H12N2O2.